The zero-order chi connectivity index (χ0) is 9.94. The summed E-state index contributed by atoms with van der Waals surface area (Å²) in [5.74, 6) is -0.546. The minimum Gasteiger partial charge on any atom is -0.351 e. The first kappa shape index (κ1) is 10.9. The molecule has 0 aromatic rings. The van der Waals surface area contributed by atoms with Gasteiger partial charge < -0.3 is 11.5 Å². The largest absolute Gasteiger partial charge is 0.351 e. The summed E-state index contributed by atoms with van der Waals surface area (Å²) in [6, 6.07) is -1.61. The van der Waals surface area contributed by atoms with Crippen LogP contribution in [0.3, 0.4) is 0 Å². The van der Waals surface area contributed by atoms with Crippen LogP contribution in [0.25, 0.3) is 0 Å². The molecule has 0 radical (unpaired) electrons. The zero-order valence-corrected chi connectivity index (χ0v) is 7.55. The van der Waals surface area contributed by atoms with Gasteiger partial charge in [-0.2, -0.15) is 0 Å². The number of imide groups is 1. The Morgan fingerprint density at radius 1 is 1.33 bits per heavy atom. The Bertz CT molecular complexity index is 195. The Kier molecular flexibility index (Phi) is 3.21. The van der Waals surface area contributed by atoms with E-state index >= 15 is 0 Å². The van der Waals surface area contributed by atoms with Crippen molar-refractivity contribution in [2.24, 2.45) is 16.9 Å². The van der Waals surface area contributed by atoms with Gasteiger partial charge in [0, 0.05) is 0 Å². The molecule has 3 amide bonds. The molecular formula is C7H15N3O2. The van der Waals surface area contributed by atoms with Gasteiger partial charge in [0.1, 0.15) is 0 Å². The van der Waals surface area contributed by atoms with Crippen molar-refractivity contribution in [2.75, 3.05) is 0 Å². The number of hydrogen-bond acceptors (Lipinski definition) is 3. The van der Waals surface area contributed by atoms with Gasteiger partial charge >= 0.3 is 6.03 Å². The number of carbonyl (C=O) groups is 2. The molecule has 0 saturated heterocycles. The molecule has 12 heavy (non-hydrogen) atoms. The number of rotatable bonds is 1. The van der Waals surface area contributed by atoms with Gasteiger partial charge in [-0.15, -0.1) is 0 Å². The Morgan fingerprint density at radius 3 is 2.00 bits per heavy atom. The van der Waals surface area contributed by atoms with E-state index in [1.54, 1.807) is 20.8 Å². The summed E-state index contributed by atoms with van der Waals surface area (Å²) >= 11 is 0. The molecule has 0 aromatic heterocycles. The van der Waals surface area contributed by atoms with Crippen LogP contribution in [0.15, 0.2) is 0 Å². The van der Waals surface area contributed by atoms with Gasteiger partial charge in [0.25, 0.3) is 0 Å². The third-order valence-electron chi connectivity index (χ3n) is 1.46. The van der Waals surface area contributed by atoms with Crippen molar-refractivity contribution in [3.63, 3.8) is 0 Å². The van der Waals surface area contributed by atoms with Crippen LogP contribution in [0.4, 0.5) is 4.79 Å². The highest BCUT2D eigenvalue weighted by molar-refractivity contribution is 5.96. The minimum absolute atomic E-state index is 0.375. The highest BCUT2D eigenvalue weighted by Crippen LogP contribution is 2.16. The second-order valence-corrected chi connectivity index (χ2v) is 3.70. The highest BCUT2D eigenvalue weighted by Gasteiger charge is 2.27. The number of carbonyl (C=O) groups excluding carboxylic acids is 2. The number of amides is 3. The SMILES string of the molecule is CC(C)(C)C(N)C(=O)NC(N)=O. The monoisotopic (exact) mass is 173 g/mol. The zero-order valence-electron chi connectivity index (χ0n) is 7.55. The number of nitrogens with one attached hydrogen (secondary N) is 1. The van der Waals surface area contributed by atoms with Crippen LogP contribution in [0.1, 0.15) is 20.8 Å². The predicted molar refractivity (Wildman–Crippen MR) is 45.2 cm³/mol. The molecule has 0 aliphatic heterocycles. The van der Waals surface area contributed by atoms with Crippen LogP contribution in [0, 0.1) is 5.41 Å². The first-order valence-corrected chi connectivity index (χ1v) is 3.61. The molecule has 0 fully saturated rings. The maximum Gasteiger partial charge on any atom is 0.318 e. The van der Waals surface area contributed by atoms with Crippen LogP contribution in [-0.4, -0.2) is 18.0 Å². The second kappa shape index (κ2) is 3.53. The number of urea groups is 1. The first-order valence-electron chi connectivity index (χ1n) is 3.61. The van der Waals surface area contributed by atoms with Gasteiger partial charge in [0.2, 0.25) is 5.91 Å². The molecule has 0 saturated carbocycles. The van der Waals surface area contributed by atoms with Crippen molar-refractivity contribution >= 4 is 11.9 Å². The van der Waals surface area contributed by atoms with Crippen LogP contribution in [-0.2, 0) is 4.79 Å². The van der Waals surface area contributed by atoms with E-state index in [0.29, 0.717) is 0 Å². The van der Waals surface area contributed by atoms with Gasteiger partial charge in [-0.25, -0.2) is 4.79 Å². The van der Waals surface area contributed by atoms with Crippen LogP contribution in [0.5, 0.6) is 0 Å². The molecule has 0 aliphatic carbocycles. The molecule has 0 bridgehead atoms. The van der Waals surface area contributed by atoms with E-state index in [4.69, 9.17) is 11.5 Å². The number of hydrogen-bond donors (Lipinski definition) is 3. The third kappa shape index (κ3) is 3.34. The summed E-state index contributed by atoms with van der Waals surface area (Å²) in [4.78, 5) is 21.3. The highest BCUT2D eigenvalue weighted by atomic mass is 16.2. The van der Waals surface area contributed by atoms with Crippen molar-refractivity contribution in [3.05, 3.63) is 0 Å². The summed E-state index contributed by atoms with van der Waals surface area (Å²) in [5, 5.41) is 1.92. The Morgan fingerprint density at radius 2 is 1.75 bits per heavy atom. The molecule has 0 aliphatic rings. The molecule has 0 aromatic carbocycles. The lowest BCUT2D eigenvalue weighted by atomic mass is 9.87. The average Bonchev–Trinajstić information content (AvgIpc) is 1.82. The summed E-state index contributed by atoms with van der Waals surface area (Å²) < 4.78 is 0. The predicted octanol–water partition coefficient (Wildman–Crippen LogP) is -0.445. The van der Waals surface area contributed by atoms with E-state index in [9.17, 15) is 9.59 Å². The second-order valence-electron chi connectivity index (χ2n) is 3.70. The van der Waals surface area contributed by atoms with E-state index in [-0.39, 0.29) is 5.41 Å². The topological polar surface area (TPSA) is 98.2 Å². The molecule has 0 rings (SSSR count). The van der Waals surface area contributed by atoms with Crippen molar-refractivity contribution in [3.8, 4) is 0 Å². The molecular weight excluding hydrogens is 158 g/mol. The number of primary amides is 1. The van der Waals surface area contributed by atoms with Crippen molar-refractivity contribution in [1.29, 1.82) is 0 Å². The number of nitrogens with two attached hydrogens (primary N) is 2. The Labute approximate surface area is 71.5 Å². The standard InChI is InChI=1S/C7H15N3O2/c1-7(2,3)4(8)5(11)10-6(9)12/h4H,8H2,1-3H3,(H3,9,10,11,12). The minimum atomic E-state index is -0.875. The molecule has 5 heteroatoms. The van der Waals surface area contributed by atoms with Crippen LogP contribution in [0.2, 0.25) is 0 Å². The Hall–Kier alpha value is -1.10. The van der Waals surface area contributed by atoms with Crippen molar-refractivity contribution < 1.29 is 9.59 Å². The average molecular weight is 173 g/mol. The summed E-state index contributed by atoms with van der Waals surface area (Å²) in [7, 11) is 0. The van der Waals surface area contributed by atoms with Gasteiger partial charge in [-0.05, 0) is 5.41 Å². The van der Waals surface area contributed by atoms with Gasteiger partial charge in [-0.1, -0.05) is 20.8 Å². The molecule has 5 N–H and O–H groups in total. The summed E-state index contributed by atoms with van der Waals surface area (Å²) in [5.41, 5.74) is 9.90. The van der Waals surface area contributed by atoms with Crippen LogP contribution < -0.4 is 16.8 Å². The fraction of sp³-hybridized carbons (Fsp3) is 0.714. The smallest absolute Gasteiger partial charge is 0.318 e. The molecule has 0 spiro atoms. The van der Waals surface area contributed by atoms with Crippen LogP contribution >= 0.6 is 0 Å². The fourth-order valence-corrected chi connectivity index (χ4v) is 0.592. The summed E-state index contributed by atoms with van der Waals surface area (Å²) in [6.07, 6.45) is 0. The van der Waals surface area contributed by atoms with Gasteiger partial charge in [0.05, 0.1) is 6.04 Å². The first-order chi connectivity index (χ1) is 5.25. The normalized spacial score (nSPS) is 13.7. The van der Waals surface area contributed by atoms with Crippen molar-refractivity contribution in [2.45, 2.75) is 26.8 Å². The maximum absolute atomic E-state index is 11.1. The fourth-order valence-electron chi connectivity index (χ4n) is 0.592. The molecule has 1 atom stereocenters. The quantitative estimate of drug-likeness (QED) is 0.501. The molecule has 70 valence electrons. The Balaban J connectivity index is 4.21. The van der Waals surface area contributed by atoms with E-state index in [1.807, 2.05) is 5.32 Å². The summed E-state index contributed by atoms with van der Waals surface area (Å²) in [6.45, 7) is 5.41. The van der Waals surface area contributed by atoms with E-state index in [1.165, 1.54) is 0 Å². The van der Waals surface area contributed by atoms with Gasteiger partial charge in [0.15, 0.2) is 0 Å². The van der Waals surface area contributed by atoms with E-state index < -0.39 is 18.0 Å². The van der Waals surface area contributed by atoms with E-state index in [0.717, 1.165) is 0 Å². The van der Waals surface area contributed by atoms with Gasteiger partial charge in [-0.3, -0.25) is 10.1 Å². The lowest BCUT2D eigenvalue weighted by Crippen LogP contribution is -2.51. The molecule has 1 unspecified atom stereocenters. The third-order valence-corrected chi connectivity index (χ3v) is 1.46. The van der Waals surface area contributed by atoms with E-state index in [2.05, 4.69) is 0 Å². The van der Waals surface area contributed by atoms with Crippen molar-refractivity contribution in [1.82, 2.24) is 5.32 Å². The lowest BCUT2D eigenvalue weighted by Gasteiger charge is -2.24. The molecule has 0 heterocycles. The molecule has 5 nitrogen and oxygen atoms in total. The maximum atomic E-state index is 11.1. The lowest BCUT2D eigenvalue weighted by molar-refractivity contribution is -0.123.